The van der Waals surface area contributed by atoms with E-state index >= 15 is 0 Å². The molecular formula is C17H28N6O. The van der Waals surface area contributed by atoms with E-state index in [0.717, 1.165) is 30.8 Å². The molecule has 1 atom stereocenters. The normalized spacial score (nSPS) is 11.2. The highest BCUT2D eigenvalue weighted by atomic mass is 16.2. The number of rotatable bonds is 9. The van der Waals surface area contributed by atoms with Crippen LogP contribution >= 0.6 is 0 Å². The molecule has 1 aromatic rings. The Hall–Kier alpha value is -2.33. The van der Waals surface area contributed by atoms with Crippen LogP contribution in [0.2, 0.25) is 0 Å². The fourth-order valence-corrected chi connectivity index (χ4v) is 1.80. The lowest BCUT2D eigenvalue weighted by Crippen LogP contribution is -2.40. The number of unbranched alkanes of at least 4 members (excludes halogenated alkanes) is 1. The monoisotopic (exact) mass is 332 g/mol. The van der Waals surface area contributed by atoms with Crippen LogP contribution in [0, 0.1) is 11.8 Å². The summed E-state index contributed by atoms with van der Waals surface area (Å²) in [5, 5.41) is 12.0. The zero-order valence-electron chi connectivity index (χ0n) is 15.0. The molecule has 0 fully saturated rings. The second kappa shape index (κ2) is 11.2. The Labute approximate surface area is 144 Å². The number of amides is 1. The predicted molar refractivity (Wildman–Crippen MR) is 98.0 cm³/mol. The quantitative estimate of drug-likeness (QED) is 0.401. The summed E-state index contributed by atoms with van der Waals surface area (Å²) in [4.78, 5) is 20.2. The van der Waals surface area contributed by atoms with Gasteiger partial charge in [0.1, 0.15) is 5.82 Å². The highest BCUT2D eigenvalue weighted by Crippen LogP contribution is 2.12. The molecule has 1 amide bonds. The van der Waals surface area contributed by atoms with Gasteiger partial charge in [0.05, 0.1) is 17.8 Å². The molecule has 0 radical (unpaired) electrons. The van der Waals surface area contributed by atoms with Gasteiger partial charge in [-0.1, -0.05) is 18.8 Å². The van der Waals surface area contributed by atoms with Crippen LogP contribution in [0.15, 0.2) is 6.20 Å². The highest BCUT2D eigenvalue weighted by Gasteiger charge is 2.08. The first-order chi connectivity index (χ1) is 11.6. The molecule has 1 aromatic heterocycles. The van der Waals surface area contributed by atoms with E-state index in [9.17, 15) is 4.79 Å². The summed E-state index contributed by atoms with van der Waals surface area (Å²) in [7, 11) is 3.55. The van der Waals surface area contributed by atoms with E-state index in [1.165, 1.54) is 0 Å². The number of nitrogens with zero attached hydrogens (tertiary/aromatic N) is 2. The topological polar surface area (TPSA) is 91.0 Å². The molecule has 7 nitrogen and oxygen atoms in total. The molecule has 7 heteroatoms. The van der Waals surface area contributed by atoms with Crippen molar-refractivity contribution in [3.63, 3.8) is 0 Å². The fourth-order valence-electron chi connectivity index (χ4n) is 1.80. The predicted octanol–water partition coefficient (Wildman–Crippen LogP) is 1.20. The smallest absolute Gasteiger partial charge is 0.236 e. The van der Waals surface area contributed by atoms with E-state index in [0.29, 0.717) is 18.9 Å². The molecule has 0 aliphatic heterocycles. The number of anilines is 2. The molecule has 132 valence electrons. The Bertz CT molecular complexity index is 578. The Kier molecular flexibility index (Phi) is 9.24. The van der Waals surface area contributed by atoms with Crippen LogP contribution in [0.5, 0.6) is 0 Å². The van der Waals surface area contributed by atoms with E-state index in [2.05, 4.69) is 50.0 Å². The maximum absolute atomic E-state index is 11.6. The zero-order chi connectivity index (χ0) is 17.8. The molecule has 24 heavy (non-hydrogen) atoms. The van der Waals surface area contributed by atoms with Crippen LogP contribution < -0.4 is 21.3 Å². The Morgan fingerprint density at radius 1 is 1.33 bits per heavy atom. The maximum atomic E-state index is 11.6. The van der Waals surface area contributed by atoms with Crippen molar-refractivity contribution in [1.29, 1.82) is 0 Å². The van der Waals surface area contributed by atoms with E-state index in [1.54, 1.807) is 20.3 Å². The van der Waals surface area contributed by atoms with E-state index in [4.69, 9.17) is 0 Å². The van der Waals surface area contributed by atoms with Crippen molar-refractivity contribution in [3.8, 4) is 11.8 Å². The van der Waals surface area contributed by atoms with E-state index in [-0.39, 0.29) is 11.9 Å². The molecule has 0 aromatic carbocycles. The van der Waals surface area contributed by atoms with Crippen molar-refractivity contribution in [2.75, 3.05) is 37.8 Å². The number of nitrogens with one attached hydrogen (secondary N) is 4. The van der Waals surface area contributed by atoms with Crippen molar-refractivity contribution in [2.45, 2.75) is 39.2 Å². The van der Waals surface area contributed by atoms with Gasteiger partial charge in [0.15, 0.2) is 0 Å². The van der Waals surface area contributed by atoms with Crippen LogP contribution in [-0.4, -0.2) is 49.1 Å². The summed E-state index contributed by atoms with van der Waals surface area (Å²) in [5.74, 6) is 7.55. The molecule has 1 rings (SSSR count). The average molecular weight is 332 g/mol. The Morgan fingerprint density at radius 3 is 2.79 bits per heavy atom. The number of hydrogen-bond donors (Lipinski definition) is 4. The van der Waals surface area contributed by atoms with Crippen LogP contribution in [0.3, 0.4) is 0 Å². The van der Waals surface area contributed by atoms with E-state index < -0.39 is 0 Å². The average Bonchev–Trinajstić information content (AvgIpc) is 2.62. The van der Waals surface area contributed by atoms with Gasteiger partial charge in [0.2, 0.25) is 11.9 Å². The third kappa shape index (κ3) is 6.84. The van der Waals surface area contributed by atoms with Gasteiger partial charge in [-0.3, -0.25) is 4.79 Å². The molecule has 1 unspecified atom stereocenters. The first-order valence-corrected chi connectivity index (χ1v) is 8.34. The highest BCUT2D eigenvalue weighted by molar-refractivity contribution is 5.81. The zero-order valence-corrected chi connectivity index (χ0v) is 15.0. The second-order valence-electron chi connectivity index (χ2n) is 5.34. The van der Waals surface area contributed by atoms with Crippen molar-refractivity contribution < 1.29 is 4.79 Å². The molecule has 0 aliphatic carbocycles. The Morgan fingerprint density at radius 2 is 2.12 bits per heavy atom. The number of likely N-dealkylation sites (N-methyl/N-ethyl adjacent to an activating group) is 1. The molecule has 4 N–H and O–H groups in total. The van der Waals surface area contributed by atoms with Crippen LogP contribution in [-0.2, 0) is 4.79 Å². The summed E-state index contributed by atoms with van der Waals surface area (Å²) in [6.45, 7) is 5.39. The minimum Gasteiger partial charge on any atom is -0.369 e. The van der Waals surface area contributed by atoms with Crippen molar-refractivity contribution >= 4 is 17.7 Å². The molecule has 0 aliphatic rings. The van der Waals surface area contributed by atoms with Gasteiger partial charge < -0.3 is 21.3 Å². The maximum Gasteiger partial charge on any atom is 0.236 e. The van der Waals surface area contributed by atoms with Crippen LogP contribution in [0.25, 0.3) is 0 Å². The fraction of sp³-hybridized carbons (Fsp3) is 0.588. The number of carbonyl (C=O) groups is 1. The largest absolute Gasteiger partial charge is 0.369 e. The SMILES string of the molecule is CCCNc1nc(NC)ncc1C#CCCCNC(=O)C(C)NC. The molecule has 0 bridgehead atoms. The standard InChI is InChI=1S/C17H28N6O/c1-5-10-20-15-14(12-22-17(19-4)23-15)9-7-6-8-11-21-16(24)13(2)18-3/h12-13,18H,5-6,8,10-11H2,1-4H3,(H,21,24)(H2,19,20,22,23). The van der Waals surface area contributed by atoms with Gasteiger partial charge in [-0.25, -0.2) is 4.98 Å². The van der Waals surface area contributed by atoms with Gasteiger partial charge in [-0.2, -0.15) is 4.98 Å². The molecular weight excluding hydrogens is 304 g/mol. The van der Waals surface area contributed by atoms with Gasteiger partial charge in [-0.15, -0.1) is 0 Å². The first kappa shape index (κ1) is 19.7. The molecule has 0 spiro atoms. The lowest BCUT2D eigenvalue weighted by Gasteiger charge is -2.09. The summed E-state index contributed by atoms with van der Waals surface area (Å²) >= 11 is 0. The molecule has 1 heterocycles. The van der Waals surface area contributed by atoms with E-state index in [1.807, 2.05) is 6.92 Å². The van der Waals surface area contributed by atoms with Crippen LogP contribution in [0.1, 0.15) is 38.7 Å². The Balaban J connectivity index is 2.51. The summed E-state index contributed by atoms with van der Waals surface area (Å²) < 4.78 is 0. The minimum absolute atomic E-state index is 0.00701. The van der Waals surface area contributed by atoms with Gasteiger partial charge in [-0.05, 0) is 26.8 Å². The minimum atomic E-state index is -0.175. The number of carbonyl (C=O) groups excluding carboxylic acids is 1. The summed E-state index contributed by atoms with van der Waals surface area (Å²) in [6.07, 6.45) is 4.24. The second-order valence-corrected chi connectivity index (χ2v) is 5.34. The van der Waals surface area contributed by atoms with Gasteiger partial charge in [0, 0.05) is 26.6 Å². The summed E-state index contributed by atoms with van der Waals surface area (Å²) in [6, 6.07) is -0.175. The van der Waals surface area contributed by atoms with Gasteiger partial charge in [0.25, 0.3) is 0 Å². The van der Waals surface area contributed by atoms with Crippen molar-refractivity contribution in [2.24, 2.45) is 0 Å². The van der Waals surface area contributed by atoms with Crippen molar-refractivity contribution in [1.82, 2.24) is 20.6 Å². The lowest BCUT2D eigenvalue weighted by atomic mass is 10.2. The third-order valence-electron chi connectivity index (χ3n) is 3.38. The number of aromatic nitrogens is 2. The molecule has 0 saturated heterocycles. The lowest BCUT2D eigenvalue weighted by molar-refractivity contribution is -0.122. The third-order valence-corrected chi connectivity index (χ3v) is 3.38. The number of hydrogen-bond acceptors (Lipinski definition) is 6. The van der Waals surface area contributed by atoms with Crippen molar-refractivity contribution in [3.05, 3.63) is 11.8 Å². The van der Waals surface area contributed by atoms with Gasteiger partial charge >= 0.3 is 0 Å². The van der Waals surface area contributed by atoms with Crippen LogP contribution in [0.4, 0.5) is 11.8 Å². The molecule has 0 saturated carbocycles. The summed E-state index contributed by atoms with van der Waals surface area (Å²) in [5.41, 5.74) is 0.787. The first-order valence-electron chi connectivity index (χ1n) is 8.34.